The van der Waals surface area contributed by atoms with Crippen LogP contribution in [0.25, 0.3) is 11.4 Å². The maximum Gasteiger partial charge on any atom is 0.285 e. The van der Waals surface area contributed by atoms with Crippen LogP contribution in [0, 0.1) is 20.8 Å². The topological polar surface area (TPSA) is 74.2 Å². The van der Waals surface area contributed by atoms with Crippen LogP contribution >= 0.6 is 11.8 Å². The Balaban J connectivity index is 1.63. The van der Waals surface area contributed by atoms with Gasteiger partial charge >= 0.3 is 0 Å². The van der Waals surface area contributed by atoms with Crippen molar-refractivity contribution in [2.45, 2.75) is 38.8 Å². The van der Waals surface area contributed by atoms with Crippen molar-refractivity contribution >= 4 is 11.8 Å². The van der Waals surface area contributed by atoms with Crippen molar-refractivity contribution in [1.29, 1.82) is 0 Å². The average Bonchev–Trinajstić information content (AvgIpc) is 3.22. The van der Waals surface area contributed by atoms with Crippen LogP contribution < -0.4 is 4.74 Å². The summed E-state index contributed by atoms with van der Waals surface area (Å²) in [5, 5.41) is 8.47. The van der Waals surface area contributed by atoms with Crippen molar-refractivity contribution < 1.29 is 13.8 Å². The van der Waals surface area contributed by atoms with Crippen molar-refractivity contribution in [2.75, 3.05) is 12.9 Å². The highest BCUT2D eigenvalue weighted by Crippen LogP contribution is 2.30. The zero-order chi connectivity index (χ0) is 17.8. The lowest BCUT2D eigenvalue weighted by molar-refractivity contribution is 0.296. The molecule has 7 heteroatoms. The van der Waals surface area contributed by atoms with Gasteiger partial charge in [-0.05, 0) is 56.7 Å². The second kappa shape index (κ2) is 7.74. The number of nitrogens with zero attached hydrogens (tertiary/aromatic N) is 3. The minimum absolute atomic E-state index is 0.563. The molecule has 0 saturated carbocycles. The molecule has 0 fully saturated rings. The second-order valence-electron chi connectivity index (χ2n) is 5.91. The molecule has 0 aliphatic carbocycles. The van der Waals surface area contributed by atoms with E-state index in [4.69, 9.17) is 13.8 Å². The van der Waals surface area contributed by atoms with Crippen molar-refractivity contribution in [3.05, 3.63) is 40.8 Å². The minimum Gasteiger partial charge on any atom is -0.493 e. The Labute approximate surface area is 150 Å². The number of benzene rings is 1. The molecule has 0 unspecified atom stereocenters. The Bertz CT molecular complexity index is 834. The molecule has 0 aliphatic heterocycles. The molecule has 132 valence electrons. The summed E-state index contributed by atoms with van der Waals surface area (Å²) in [6.45, 7) is 6.60. The van der Waals surface area contributed by atoms with Gasteiger partial charge in [0, 0.05) is 18.1 Å². The first-order valence-electron chi connectivity index (χ1n) is 8.11. The molecule has 0 amide bonds. The summed E-state index contributed by atoms with van der Waals surface area (Å²) in [7, 11) is 0. The SMILES string of the molecule is CSc1nc(-c2cc(C)c(OCCCc3cc(C)no3)c(C)c2)no1. The predicted molar refractivity (Wildman–Crippen MR) is 96.0 cm³/mol. The Hall–Kier alpha value is -2.28. The minimum atomic E-state index is 0.563. The third kappa shape index (κ3) is 4.22. The van der Waals surface area contributed by atoms with E-state index < -0.39 is 0 Å². The number of thioether (sulfide) groups is 1. The monoisotopic (exact) mass is 359 g/mol. The molecule has 6 nitrogen and oxygen atoms in total. The van der Waals surface area contributed by atoms with Crippen molar-refractivity contribution in [3.63, 3.8) is 0 Å². The summed E-state index contributed by atoms with van der Waals surface area (Å²) in [4.78, 5) is 4.35. The molecule has 2 aromatic heterocycles. The summed E-state index contributed by atoms with van der Waals surface area (Å²) in [6.07, 6.45) is 3.60. The molecular formula is C18H21N3O3S. The van der Waals surface area contributed by atoms with Gasteiger partial charge in [0.1, 0.15) is 11.5 Å². The van der Waals surface area contributed by atoms with E-state index in [0.717, 1.165) is 46.7 Å². The fourth-order valence-corrected chi connectivity index (χ4v) is 2.96. The molecule has 3 rings (SSSR count). The van der Waals surface area contributed by atoms with Crippen LogP contribution in [-0.2, 0) is 6.42 Å². The largest absolute Gasteiger partial charge is 0.493 e. The highest BCUT2D eigenvalue weighted by molar-refractivity contribution is 7.98. The molecule has 0 spiro atoms. The lowest BCUT2D eigenvalue weighted by Crippen LogP contribution is -2.02. The van der Waals surface area contributed by atoms with Gasteiger partial charge in [-0.1, -0.05) is 22.1 Å². The fraction of sp³-hybridized carbons (Fsp3) is 0.389. The van der Waals surface area contributed by atoms with Crippen LogP contribution in [0.4, 0.5) is 0 Å². The number of aromatic nitrogens is 3. The predicted octanol–water partition coefficient (Wildman–Crippen LogP) is 4.38. The van der Waals surface area contributed by atoms with E-state index in [1.807, 2.05) is 45.2 Å². The Morgan fingerprint density at radius 2 is 1.80 bits per heavy atom. The van der Waals surface area contributed by atoms with E-state index in [1.165, 1.54) is 11.8 Å². The molecule has 0 radical (unpaired) electrons. The molecule has 25 heavy (non-hydrogen) atoms. The lowest BCUT2D eigenvalue weighted by Gasteiger charge is -2.13. The van der Waals surface area contributed by atoms with Crippen LogP contribution in [0.3, 0.4) is 0 Å². The number of ether oxygens (including phenoxy) is 1. The Kier molecular flexibility index (Phi) is 5.43. The van der Waals surface area contributed by atoms with Gasteiger partial charge in [-0.25, -0.2) is 0 Å². The summed E-state index contributed by atoms with van der Waals surface area (Å²) >= 11 is 1.43. The van der Waals surface area contributed by atoms with Crippen LogP contribution in [0.2, 0.25) is 0 Å². The smallest absolute Gasteiger partial charge is 0.285 e. The zero-order valence-electron chi connectivity index (χ0n) is 14.8. The maximum atomic E-state index is 5.98. The third-order valence-electron chi connectivity index (χ3n) is 3.79. The number of hydrogen-bond acceptors (Lipinski definition) is 7. The standard InChI is InChI=1S/C18H21N3O3S/c1-11-8-14(17-19-18(25-4)24-21-17)9-12(2)16(11)22-7-5-6-15-10-13(3)20-23-15/h8-10H,5-7H2,1-4H3. The fourth-order valence-electron chi connectivity index (χ4n) is 2.67. The van der Waals surface area contributed by atoms with E-state index in [0.29, 0.717) is 17.7 Å². The number of hydrogen-bond donors (Lipinski definition) is 0. The number of rotatable bonds is 7. The third-order valence-corrected chi connectivity index (χ3v) is 4.31. The molecule has 0 saturated heterocycles. The first-order chi connectivity index (χ1) is 12.1. The first kappa shape index (κ1) is 17.5. The summed E-state index contributed by atoms with van der Waals surface area (Å²) in [6, 6.07) is 6.01. The molecule has 1 aromatic carbocycles. The molecule has 0 atom stereocenters. The van der Waals surface area contributed by atoms with Crippen LogP contribution in [0.5, 0.6) is 5.75 Å². The highest BCUT2D eigenvalue weighted by atomic mass is 32.2. The normalized spacial score (nSPS) is 11.0. The Morgan fingerprint density at radius 1 is 1.04 bits per heavy atom. The van der Waals surface area contributed by atoms with Gasteiger partial charge in [0.2, 0.25) is 5.82 Å². The van der Waals surface area contributed by atoms with E-state index in [1.54, 1.807) is 0 Å². The molecule has 0 aliphatic rings. The molecule has 0 N–H and O–H groups in total. The van der Waals surface area contributed by atoms with Gasteiger partial charge in [0.15, 0.2) is 0 Å². The quantitative estimate of drug-likeness (QED) is 0.457. The second-order valence-corrected chi connectivity index (χ2v) is 6.67. The lowest BCUT2D eigenvalue weighted by atomic mass is 10.1. The van der Waals surface area contributed by atoms with Gasteiger partial charge in [-0.3, -0.25) is 0 Å². The van der Waals surface area contributed by atoms with E-state index >= 15 is 0 Å². The zero-order valence-corrected chi connectivity index (χ0v) is 15.6. The van der Waals surface area contributed by atoms with Crippen LogP contribution in [-0.4, -0.2) is 28.2 Å². The van der Waals surface area contributed by atoms with Crippen molar-refractivity contribution in [1.82, 2.24) is 15.3 Å². The molecule has 0 bridgehead atoms. The van der Waals surface area contributed by atoms with E-state index in [-0.39, 0.29) is 0 Å². The van der Waals surface area contributed by atoms with Crippen molar-refractivity contribution in [3.8, 4) is 17.1 Å². The van der Waals surface area contributed by atoms with E-state index in [2.05, 4.69) is 15.3 Å². The van der Waals surface area contributed by atoms with Gasteiger partial charge < -0.3 is 13.8 Å². The summed E-state index contributed by atoms with van der Waals surface area (Å²) < 4.78 is 16.4. The van der Waals surface area contributed by atoms with E-state index in [9.17, 15) is 0 Å². The highest BCUT2D eigenvalue weighted by Gasteiger charge is 2.12. The molecular weight excluding hydrogens is 338 g/mol. The summed E-state index contributed by atoms with van der Waals surface area (Å²) in [5.74, 6) is 2.40. The maximum absolute atomic E-state index is 5.98. The molecule has 2 heterocycles. The number of aryl methyl sites for hydroxylation is 4. The van der Waals surface area contributed by atoms with Gasteiger partial charge in [-0.15, -0.1) is 0 Å². The Morgan fingerprint density at radius 3 is 2.40 bits per heavy atom. The van der Waals surface area contributed by atoms with Crippen LogP contribution in [0.15, 0.2) is 32.5 Å². The van der Waals surface area contributed by atoms with Crippen LogP contribution in [0.1, 0.15) is 29.0 Å². The molecule has 3 aromatic rings. The first-order valence-corrected chi connectivity index (χ1v) is 9.33. The van der Waals surface area contributed by atoms with Gasteiger partial charge in [0.05, 0.1) is 12.3 Å². The van der Waals surface area contributed by atoms with Gasteiger partial charge in [0.25, 0.3) is 5.22 Å². The summed E-state index contributed by atoms with van der Waals surface area (Å²) in [5.41, 5.74) is 3.95. The van der Waals surface area contributed by atoms with Gasteiger partial charge in [-0.2, -0.15) is 4.98 Å². The average molecular weight is 359 g/mol. The van der Waals surface area contributed by atoms with Crippen molar-refractivity contribution in [2.24, 2.45) is 0 Å².